The van der Waals surface area contributed by atoms with Crippen molar-refractivity contribution in [1.29, 1.82) is 0 Å². The van der Waals surface area contributed by atoms with Gasteiger partial charge in [0.1, 0.15) is 11.5 Å². The molecule has 2 aromatic rings. The second kappa shape index (κ2) is 9.14. The summed E-state index contributed by atoms with van der Waals surface area (Å²) in [6.45, 7) is 2.20. The van der Waals surface area contributed by atoms with E-state index in [1.165, 1.54) is 28.5 Å². The van der Waals surface area contributed by atoms with Crippen LogP contribution in [0.1, 0.15) is 36.3 Å². The predicted octanol–water partition coefficient (Wildman–Crippen LogP) is 2.89. The molecule has 0 spiro atoms. The lowest BCUT2D eigenvalue weighted by Gasteiger charge is -2.14. The molecule has 0 bridgehead atoms. The summed E-state index contributed by atoms with van der Waals surface area (Å²) in [5, 5.41) is 3.26. The third-order valence-corrected chi connectivity index (χ3v) is 8.34. The van der Waals surface area contributed by atoms with E-state index >= 15 is 0 Å². The van der Waals surface area contributed by atoms with Gasteiger partial charge >= 0.3 is 6.03 Å². The van der Waals surface area contributed by atoms with Gasteiger partial charge in [-0.15, -0.1) is 11.3 Å². The minimum absolute atomic E-state index is 0.0691. The number of carbonyl (C=O) groups is 2. The topological polar surface area (TPSA) is 106 Å². The van der Waals surface area contributed by atoms with Crippen LogP contribution in [0.2, 0.25) is 0 Å². The van der Waals surface area contributed by atoms with Crippen LogP contribution in [0, 0.1) is 11.7 Å². The van der Waals surface area contributed by atoms with Gasteiger partial charge in [-0.05, 0) is 42.4 Å². The number of amides is 3. The number of hydrogen-bond acceptors (Lipinski definition) is 7. The number of hydrogen-bond donors (Lipinski definition) is 1. The highest BCUT2D eigenvalue weighted by molar-refractivity contribution is 7.91. The molecule has 1 aromatic heterocycles. The van der Waals surface area contributed by atoms with E-state index in [1.807, 2.05) is 0 Å². The predicted molar refractivity (Wildman–Crippen MR) is 118 cm³/mol. The highest BCUT2D eigenvalue weighted by atomic mass is 32.2. The zero-order chi connectivity index (χ0) is 22.9. The average molecular weight is 482 g/mol. The lowest BCUT2D eigenvalue weighted by Crippen LogP contribution is -2.27. The fourth-order valence-corrected chi connectivity index (χ4v) is 6.06. The minimum atomic E-state index is -3.41. The van der Waals surface area contributed by atoms with Crippen molar-refractivity contribution in [3.63, 3.8) is 0 Å². The second-order valence-electron chi connectivity index (χ2n) is 8.24. The maximum atomic E-state index is 14.0. The summed E-state index contributed by atoms with van der Waals surface area (Å²) in [5.41, 5.74) is 0.710. The number of urea groups is 1. The quantitative estimate of drug-likeness (QED) is 0.523. The van der Waals surface area contributed by atoms with E-state index in [0.29, 0.717) is 28.1 Å². The van der Waals surface area contributed by atoms with Crippen LogP contribution in [0.3, 0.4) is 0 Å². The Morgan fingerprint density at radius 1 is 1.34 bits per heavy atom. The SMILES string of the molecule is C[C@@H](CS(=O)(=O)CCc1ncc(N2CC(=O)NC2=O)s1)c1ccc(F)c(OCC2CC2)c1. The van der Waals surface area contributed by atoms with Crippen molar-refractivity contribution in [1.82, 2.24) is 10.3 Å². The van der Waals surface area contributed by atoms with E-state index in [0.717, 1.165) is 12.8 Å². The number of imide groups is 1. The van der Waals surface area contributed by atoms with Gasteiger partial charge in [0.25, 0.3) is 0 Å². The normalized spacial score (nSPS) is 17.5. The first kappa shape index (κ1) is 22.7. The van der Waals surface area contributed by atoms with Gasteiger partial charge in [-0.2, -0.15) is 0 Å². The number of aromatic nitrogens is 1. The lowest BCUT2D eigenvalue weighted by atomic mass is 10.0. The number of rotatable bonds is 10. The van der Waals surface area contributed by atoms with Gasteiger partial charge in [-0.1, -0.05) is 13.0 Å². The molecular weight excluding hydrogens is 457 g/mol. The largest absolute Gasteiger partial charge is 0.490 e. The number of aryl methyl sites for hydroxylation is 1. The molecule has 1 saturated heterocycles. The molecule has 3 amide bonds. The monoisotopic (exact) mass is 481 g/mol. The Balaban J connectivity index is 1.33. The fourth-order valence-electron chi connectivity index (χ4n) is 3.39. The molecule has 0 radical (unpaired) electrons. The van der Waals surface area contributed by atoms with Crippen molar-refractivity contribution < 1.29 is 27.1 Å². The summed E-state index contributed by atoms with van der Waals surface area (Å²) in [7, 11) is -3.41. The van der Waals surface area contributed by atoms with Crippen molar-refractivity contribution in [2.24, 2.45) is 5.92 Å². The van der Waals surface area contributed by atoms with Crippen LogP contribution in [0.4, 0.5) is 14.2 Å². The highest BCUT2D eigenvalue weighted by Crippen LogP contribution is 2.31. The molecule has 2 heterocycles. The molecular formula is C21H24FN3O5S2. The zero-order valence-electron chi connectivity index (χ0n) is 17.5. The zero-order valence-corrected chi connectivity index (χ0v) is 19.2. The fraction of sp³-hybridized carbons (Fsp3) is 0.476. The van der Waals surface area contributed by atoms with Gasteiger partial charge in [-0.3, -0.25) is 15.0 Å². The van der Waals surface area contributed by atoms with E-state index in [1.54, 1.807) is 19.1 Å². The van der Waals surface area contributed by atoms with E-state index in [4.69, 9.17) is 4.74 Å². The molecule has 8 nitrogen and oxygen atoms in total. The third kappa shape index (κ3) is 5.63. The Bertz CT molecular complexity index is 1130. The molecule has 2 aliphatic rings. The summed E-state index contributed by atoms with van der Waals surface area (Å²) < 4.78 is 44.9. The van der Waals surface area contributed by atoms with Gasteiger partial charge in [0.2, 0.25) is 5.91 Å². The number of halogens is 1. The van der Waals surface area contributed by atoms with Crippen molar-refractivity contribution in [3.8, 4) is 5.75 Å². The molecule has 1 aromatic carbocycles. The summed E-state index contributed by atoms with van der Waals surface area (Å²) in [6.07, 6.45) is 3.87. The Morgan fingerprint density at radius 3 is 2.81 bits per heavy atom. The van der Waals surface area contributed by atoms with E-state index in [9.17, 15) is 22.4 Å². The minimum Gasteiger partial charge on any atom is -0.490 e. The molecule has 32 heavy (non-hydrogen) atoms. The molecule has 4 rings (SSSR count). The molecule has 1 saturated carbocycles. The Morgan fingerprint density at radius 2 is 2.12 bits per heavy atom. The molecule has 11 heteroatoms. The number of nitrogens with zero attached hydrogens (tertiary/aromatic N) is 2. The van der Waals surface area contributed by atoms with Gasteiger partial charge in [-0.25, -0.2) is 22.6 Å². The van der Waals surface area contributed by atoms with Crippen molar-refractivity contribution in [2.45, 2.75) is 32.1 Å². The summed E-state index contributed by atoms with van der Waals surface area (Å²) in [4.78, 5) is 28.5. The third-order valence-electron chi connectivity index (χ3n) is 5.43. The number of sulfone groups is 1. The van der Waals surface area contributed by atoms with E-state index in [2.05, 4.69) is 10.3 Å². The first-order valence-corrected chi connectivity index (χ1v) is 13.0. The number of benzene rings is 1. The highest BCUT2D eigenvalue weighted by Gasteiger charge is 2.29. The van der Waals surface area contributed by atoms with Crippen LogP contribution in [0.25, 0.3) is 0 Å². The smallest absolute Gasteiger partial charge is 0.329 e. The molecule has 1 N–H and O–H groups in total. The number of anilines is 1. The van der Waals surface area contributed by atoms with Crippen molar-refractivity contribution in [2.75, 3.05) is 29.6 Å². The first-order chi connectivity index (χ1) is 15.2. The molecule has 172 valence electrons. The van der Waals surface area contributed by atoms with E-state index in [-0.39, 0.29) is 42.0 Å². The van der Waals surface area contributed by atoms with Crippen LogP contribution in [-0.2, 0) is 21.1 Å². The van der Waals surface area contributed by atoms with Crippen LogP contribution in [0.5, 0.6) is 5.75 Å². The van der Waals surface area contributed by atoms with Gasteiger partial charge < -0.3 is 4.74 Å². The lowest BCUT2D eigenvalue weighted by molar-refractivity contribution is -0.117. The first-order valence-electron chi connectivity index (χ1n) is 10.4. The molecule has 0 unspecified atom stereocenters. The Hall–Kier alpha value is -2.53. The van der Waals surface area contributed by atoms with Gasteiger partial charge in [0, 0.05) is 6.42 Å². The second-order valence-corrected chi connectivity index (χ2v) is 11.6. The Kier molecular flexibility index (Phi) is 6.47. The number of carbonyl (C=O) groups excluding carboxylic acids is 2. The summed E-state index contributed by atoms with van der Waals surface area (Å²) in [6, 6.07) is 3.99. The molecule has 2 fully saturated rings. The van der Waals surface area contributed by atoms with Crippen LogP contribution in [-0.4, -0.2) is 50.0 Å². The molecule has 1 atom stereocenters. The Labute approximate surface area is 189 Å². The van der Waals surface area contributed by atoms with Crippen molar-refractivity contribution >= 4 is 38.1 Å². The standard InChI is InChI=1S/C21H24FN3O5S2/c1-13(15-4-5-16(22)17(8-15)30-11-14-2-3-14)12-32(28,29)7-6-19-23-9-20(31-19)25-10-18(26)24-21(25)27/h4-5,8-9,13-14H,2-3,6-7,10-12H2,1H3,(H,24,26,27)/t13-/m0/s1. The number of thiazole rings is 1. The summed E-state index contributed by atoms with van der Waals surface area (Å²) >= 11 is 1.19. The van der Waals surface area contributed by atoms with Gasteiger partial charge in [0.05, 0.1) is 29.3 Å². The maximum absolute atomic E-state index is 14.0. The maximum Gasteiger partial charge on any atom is 0.329 e. The molecule has 1 aliphatic heterocycles. The van der Waals surface area contributed by atoms with E-state index < -0.39 is 21.7 Å². The average Bonchev–Trinajstić information content (AvgIpc) is 3.33. The number of nitrogens with one attached hydrogen (secondary N) is 1. The van der Waals surface area contributed by atoms with Crippen LogP contribution in [0.15, 0.2) is 24.4 Å². The number of ether oxygens (including phenoxy) is 1. The molecule has 1 aliphatic carbocycles. The summed E-state index contributed by atoms with van der Waals surface area (Å²) in [5.74, 6) is -0.680. The van der Waals surface area contributed by atoms with Gasteiger partial charge in [0.15, 0.2) is 21.4 Å². The van der Waals surface area contributed by atoms with Crippen LogP contribution < -0.4 is 15.0 Å². The van der Waals surface area contributed by atoms with Crippen LogP contribution >= 0.6 is 11.3 Å². The van der Waals surface area contributed by atoms with Crippen molar-refractivity contribution in [3.05, 3.63) is 40.8 Å².